The Kier molecular flexibility index (Phi) is 4.18. The number of hydrogen-bond donors (Lipinski definition) is 2. The topological polar surface area (TPSA) is 84.1 Å². The zero-order chi connectivity index (χ0) is 15.4. The summed E-state index contributed by atoms with van der Waals surface area (Å²) < 4.78 is 5.44. The van der Waals surface area contributed by atoms with Crippen LogP contribution in [0, 0.1) is 0 Å². The van der Waals surface area contributed by atoms with Crippen molar-refractivity contribution in [2.75, 3.05) is 13.2 Å². The highest BCUT2D eigenvalue weighted by Gasteiger charge is 2.19. The van der Waals surface area contributed by atoms with E-state index in [9.17, 15) is 9.59 Å². The fourth-order valence-electron chi connectivity index (χ4n) is 2.46. The van der Waals surface area contributed by atoms with Crippen LogP contribution in [0.25, 0.3) is 0 Å². The van der Waals surface area contributed by atoms with Crippen LogP contribution in [0.4, 0.5) is 0 Å². The third-order valence-electron chi connectivity index (χ3n) is 3.64. The SMILES string of the molecule is O=C(COc1ccc2c(c1)C(=O)CC2)NCCc1cnc[nH]1. The van der Waals surface area contributed by atoms with E-state index in [2.05, 4.69) is 15.3 Å². The lowest BCUT2D eigenvalue weighted by Gasteiger charge is -2.08. The van der Waals surface area contributed by atoms with Gasteiger partial charge in [-0.3, -0.25) is 9.59 Å². The summed E-state index contributed by atoms with van der Waals surface area (Å²) >= 11 is 0. The number of hydrogen-bond acceptors (Lipinski definition) is 4. The molecule has 1 aliphatic carbocycles. The van der Waals surface area contributed by atoms with Crippen LogP contribution in [0.5, 0.6) is 5.75 Å². The van der Waals surface area contributed by atoms with Gasteiger partial charge in [0.25, 0.3) is 5.91 Å². The van der Waals surface area contributed by atoms with Crippen LogP contribution in [-0.2, 0) is 17.6 Å². The molecule has 1 aromatic carbocycles. The lowest BCUT2D eigenvalue weighted by Crippen LogP contribution is -2.30. The third-order valence-corrected chi connectivity index (χ3v) is 3.64. The van der Waals surface area contributed by atoms with Gasteiger partial charge in [-0.05, 0) is 24.1 Å². The number of nitrogens with one attached hydrogen (secondary N) is 2. The van der Waals surface area contributed by atoms with E-state index in [4.69, 9.17) is 4.74 Å². The summed E-state index contributed by atoms with van der Waals surface area (Å²) in [5.74, 6) is 0.508. The molecule has 1 aromatic heterocycles. The highest BCUT2D eigenvalue weighted by molar-refractivity contribution is 6.00. The van der Waals surface area contributed by atoms with E-state index in [0.29, 0.717) is 25.1 Å². The lowest BCUT2D eigenvalue weighted by atomic mass is 10.1. The molecule has 2 N–H and O–H groups in total. The van der Waals surface area contributed by atoms with Crippen molar-refractivity contribution in [3.05, 3.63) is 47.5 Å². The average molecular weight is 299 g/mol. The molecule has 0 saturated carbocycles. The van der Waals surface area contributed by atoms with Crippen molar-refractivity contribution in [3.8, 4) is 5.75 Å². The molecule has 0 spiro atoms. The summed E-state index contributed by atoms with van der Waals surface area (Å²) in [4.78, 5) is 30.3. The van der Waals surface area contributed by atoms with Crippen molar-refractivity contribution in [2.24, 2.45) is 0 Å². The highest BCUT2D eigenvalue weighted by atomic mass is 16.5. The quantitative estimate of drug-likeness (QED) is 0.841. The van der Waals surface area contributed by atoms with Gasteiger partial charge in [0.1, 0.15) is 5.75 Å². The van der Waals surface area contributed by atoms with Gasteiger partial charge >= 0.3 is 0 Å². The van der Waals surface area contributed by atoms with Crippen molar-refractivity contribution in [1.82, 2.24) is 15.3 Å². The maximum absolute atomic E-state index is 11.7. The van der Waals surface area contributed by atoms with E-state index in [1.807, 2.05) is 6.07 Å². The number of amides is 1. The summed E-state index contributed by atoms with van der Waals surface area (Å²) in [6.45, 7) is 0.461. The molecule has 6 heteroatoms. The largest absolute Gasteiger partial charge is 0.484 e. The van der Waals surface area contributed by atoms with Crippen molar-refractivity contribution < 1.29 is 14.3 Å². The third kappa shape index (κ3) is 3.33. The van der Waals surface area contributed by atoms with Crippen LogP contribution >= 0.6 is 0 Å². The van der Waals surface area contributed by atoms with Crippen molar-refractivity contribution in [3.63, 3.8) is 0 Å². The van der Waals surface area contributed by atoms with Crippen LogP contribution in [-0.4, -0.2) is 34.8 Å². The average Bonchev–Trinajstić information content (AvgIpc) is 3.16. The van der Waals surface area contributed by atoms with E-state index in [1.165, 1.54) is 0 Å². The summed E-state index contributed by atoms with van der Waals surface area (Å²) in [5, 5.41) is 2.77. The van der Waals surface area contributed by atoms with Crippen molar-refractivity contribution >= 4 is 11.7 Å². The second-order valence-corrected chi connectivity index (χ2v) is 5.21. The van der Waals surface area contributed by atoms with E-state index in [-0.39, 0.29) is 18.3 Å². The number of aromatic nitrogens is 2. The minimum Gasteiger partial charge on any atom is -0.484 e. The first-order chi connectivity index (χ1) is 10.7. The normalized spacial score (nSPS) is 13.0. The molecule has 0 saturated heterocycles. The molecule has 1 aliphatic rings. The van der Waals surface area contributed by atoms with Crippen LogP contribution in [0.3, 0.4) is 0 Å². The first kappa shape index (κ1) is 14.3. The summed E-state index contributed by atoms with van der Waals surface area (Å²) in [7, 11) is 0. The number of H-pyrrole nitrogens is 1. The van der Waals surface area contributed by atoms with Gasteiger partial charge in [0.15, 0.2) is 12.4 Å². The lowest BCUT2D eigenvalue weighted by molar-refractivity contribution is -0.123. The summed E-state index contributed by atoms with van der Waals surface area (Å²) in [5.41, 5.74) is 2.75. The molecular formula is C16H17N3O3. The number of ketones is 1. The fraction of sp³-hybridized carbons (Fsp3) is 0.312. The standard InChI is InChI=1S/C16H17N3O3/c20-15-4-2-11-1-3-13(7-14(11)15)22-9-16(21)18-6-5-12-8-17-10-19-12/h1,3,7-8,10H,2,4-6,9H2,(H,17,19)(H,18,21). The van der Waals surface area contributed by atoms with E-state index in [1.54, 1.807) is 24.7 Å². The second kappa shape index (κ2) is 6.43. The van der Waals surface area contributed by atoms with Gasteiger partial charge in [-0.15, -0.1) is 0 Å². The second-order valence-electron chi connectivity index (χ2n) is 5.21. The van der Waals surface area contributed by atoms with Crippen LogP contribution in [0.2, 0.25) is 0 Å². The number of benzene rings is 1. The van der Waals surface area contributed by atoms with Gasteiger partial charge in [0.05, 0.1) is 6.33 Å². The minimum atomic E-state index is -0.189. The Morgan fingerprint density at radius 3 is 3.09 bits per heavy atom. The first-order valence-electron chi connectivity index (χ1n) is 7.25. The molecule has 0 bridgehead atoms. The van der Waals surface area contributed by atoms with Crippen LogP contribution < -0.4 is 10.1 Å². The summed E-state index contributed by atoms with van der Waals surface area (Å²) in [6, 6.07) is 5.42. The Balaban J connectivity index is 1.45. The monoisotopic (exact) mass is 299 g/mol. The first-order valence-corrected chi connectivity index (χ1v) is 7.25. The number of nitrogens with zero attached hydrogens (tertiary/aromatic N) is 1. The molecule has 0 aliphatic heterocycles. The maximum Gasteiger partial charge on any atom is 0.257 e. The predicted molar refractivity (Wildman–Crippen MR) is 79.9 cm³/mol. The zero-order valence-electron chi connectivity index (χ0n) is 12.1. The number of Topliss-reactive ketones (excluding diaryl/α,β-unsaturated/α-hetero) is 1. The van der Waals surface area contributed by atoms with Crippen LogP contribution in [0.1, 0.15) is 28.0 Å². The molecule has 3 rings (SSSR count). The van der Waals surface area contributed by atoms with Gasteiger partial charge in [-0.25, -0.2) is 4.98 Å². The number of aryl methyl sites for hydroxylation is 1. The Labute approximate surface area is 127 Å². The predicted octanol–water partition coefficient (Wildman–Crippen LogP) is 1.28. The van der Waals surface area contributed by atoms with Gasteiger partial charge < -0.3 is 15.0 Å². The number of imidazole rings is 1. The number of ether oxygens (including phenoxy) is 1. The van der Waals surface area contributed by atoms with Crippen LogP contribution in [0.15, 0.2) is 30.7 Å². The Bertz CT molecular complexity index is 680. The maximum atomic E-state index is 11.7. The number of aromatic amines is 1. The summed E-state index contributed by atoms with van der Waals surface area (Å²) in [6.07, 6.45) is 5.38. The molecule has 0 atom stereocenters. The Hall–Kier alpha value is -2.63. The van der Waals surface area contributed by atoms with E-state index >= 15 is 0 Å². The molecular weight excluding hydrogens is 282 g/mol. The van der Waals surface area contributed by atoms with Crippen molar-refractivity contribution in [1.29, 1.82) is 0 Å². The smallest absolute Gasteiger partial charge is 0.257 e. The molecule has 1 amide bonds. The van der Waals surface area contributed by atoms with Gasteiger partial charge in [-0.2, -0.15) is 0 Å². The number of fused-ring (bicyclic) bond motifs is 1. The number of rotatable bonds is 6. The molecule has 6 nitrogen and oxygen atoms in total. The van der Waals surface area contributed by atoms with Crippen molar-refractivity contribution in [2.45, 2.75) is 19.3 Å². The minimum absolute atomic E-state index is 0.0596. The van der Waals surface area contributed by atoms with Gasteiger partial charge in [0, 0.05) is 36.8 Å². The molecule has 0 radical (unpaired) electrons. The number of carbonyl (C=O) groups excluding carboxylic acids is 2. The molecule has 114 valence electrons. The molecule has 0 unspecified atom stereocenters. The van der Waals surface area contributed by atoms with Gasteiger partial charge in [0.2, 0.25) is 0 Å². The Morgan fingerprint density at radius 2 is 2.27 bits per heavy atom. The molecule has 2 aromatic rings. The number of carbonyl (C=O) groups is 2. The highest BCUT2D eigenvalue weighted by Crippen LogP contribution is 2.25. The fourth-order valence-corrected chi connectivity index (χ4v) is 2.46. The Morgan fingerprint density at radius 1 is 1.36 bits per heavy atom. The zero-order valence-corrected chi connectivity index (χ0v) is 12.1. The van der Waals surface area contributed by atoms with E-state index < -0.39 is 0 Å². The van der Waals surface area contributed by atoms with E-state index in [0.717, 1.165) is 23.2 Å². The molecule has 1 heterocycles. The molecule has 0 fully saturated rings. The van der Waals surface area contributed by atoms with Gasteiger partial charge in [-0.1, -0.05) is 6.07 Å². The molecule has 22 heavy (non-hydrogen) atoms.